The molecule has 2 aromatic heterocycles. The van der Waals surface area contributed by atoms with Gasteiger partial charge in [-0.25, -0.2) is 4.98 Å². The van der Waals surface area contributed by atoms with Crippen LogP contribution in [0, 0.1) is 5.92 Å². The number of carbonyl (C=O) groups excluding carboxylic acids is 4. The molecule has 3 aromatic rings. The Bertz CT molecular complexity index is 1580. The van der Waals surface area contributed by atoms with Crippen molar-refractivity contribution in [1.29, 1.82) is 0 Å². The van der Waals surface area contributed by atoms with E-state index < -0.39 is 53.9 Å². The van der Waals surface area contributed by atoms with E-state index in [-0.39, 0.29) is 36.6 Å². The Morgan fingerprint density at radius 1 is 0.840 bits per heavy atom. The average molecular weight is 696 g/mol. The lowest BCUT2D eigenvalue weighted by Gasteiger charge is -2.32. The van der Waals surface area contributed by atoms with Crippen molar-refractivity contribution in [3.63, 3.8) is 0 Å². The quantitative estimate of drug-likeness (QED) is 0.0820. The molecule has 3 rings (SSSR count). The number of para-hydroxylation sites is 1. The number of rotatable bonds is 19. The van der Waals surface area contributed by atoms with Gasteiger partial charge in [0.2, 0.25) is 23.6 Å². The summed E-state index contributed by atoms with van der Waals surface area (Å²) in [6, 6.07) is 2.35. The third-order valence-corrected chi connectivity index (χ3v) is 8.19. The van der Waals surface area contributed by atoms with Crippen LogP contribution in [-0.2, 0) is 36.8 Å². The van der Waals surface area contributed by atoms with Crippen molar-refractivity contribution >= 4 is 40.5 Å². The number of nitrogens with one attached hydrogen (secondary N) is 7. The molecule has 4 amide bonds. The van der Waals surface area contributed by atoms with Crippen LogP contribution in [0.15, 0.2) is 43.0 Å². The number of nitrogens with zero attached hydrogens (tertiary/aromatic N) is 1. The van der Waals surface area contributed by atoms with Crippen molar-refractivity contribution in [1.82, 2.24) is 41.5 Å². The van der Waals surface area contributed by atoms with Crippen LogP contribution in [0.2, 0.25) is 0 Å². The van der Waals surface area contributed by atoms with Gasteiger partial charge in [-0.3, -0.25) is 24.0 Å². The predicted molar refractivity (Wildman–Crippen MR) is 190 cm³/mol. The number of aromatic nitrogens is 3. The molecule has 0 fully saturated rings. The lowest BCUT2D eigenvalue weighted by atomic mass is 9.98. The SMILES string of the molecule is CC(C)[C@H](NC(C)(C)C)C(=O)NC(Cc1cnc[nH]1)C(=O)N[C@@H](Cc1c[nH]c2ccccc12)C(=O)N[C@@H](CCCCN)C(=O)N[C@@H](C)C(=O)O. The van der Waals surface area contributed by atoms with Crippen molar-refractivity contribution in [2.45, 2.75) is 109 Å². The highest BCUT2D eigenvalue weighted by Gasteiger charge is 2.34. The van der Waals surface area contributed by atoms with Gasteiger partial charge in [0.25, 0.3) is 0 Å². The molecule has 0 spiro atoms. The van der Waals surface area contributed by atoms with E-state index in [0.717, 1.165) is 16.5 Å². The predicted octanol–water partition coefficient (Wildman–Crippen LogP) is 1.26. The third-order valence-electron chi connectivity index (χ3n) is 8.19. The van der Waals surface area contributed by atoms with Gasteiger partial charge < -0.3 is 47.4 Å². The summed E-state index contributed by atoms with van der Waals surface area (Å²) in [5.74, 6) is -3.64. The minimum Gasteiger partial charge on any atom is -0.480 e. The van der Waals surface area contributed by atoms with Crippen LogP contribution >= 0.6 is 0 Å². The van der Waals surface area contributed by atoms with Gasteiger partial charge in [0.1, 0.15) is 24.2 Å². The van der Waals surface area contributed by atoms with Crippen molar-refractivity contribution in [3.8, 4) is 0 Å². The monoisotopic (exact) mass is 695 g/mol. The first kappa shape index (κ1) is 39.7. The van der Waals surface area contributed by atoms with Crippen LogP contribution < -0.4 is 32.3 Å². The number of unbranched alkanes of at least 4 members (excludes halogenated alkanes) is 1. The van der Waals surface area contributed by atoms with Crippen LogP contribution in [0.25, 0.3) is 10.9 Å². The van der Waals surface area contributed by atoms with Crippen LogP contribution in [0.4, 0.5) is 0 Å². The fraction of sp³-hybridized carbons (Fsp3) is 0.543. The molecule has 1 unspecified atom stereocenters. The first-order valence-electron chi connectivity index (χ1n) is 17.0. The first-order chi connectivity index (χ1) is 23.6. The van der Waals surface area contributed by atoms with Gasteiger partial charge in [0.15, 0.2) is 0 Å². The van der Waals surface area contributed by atoms with E-state index in [4.69, 9.17) is 5.73 Å². The van der Waals surface area contributed by atoms with Crippen LogP contribution in [-0.4, -0.2) is 91.9 Å². The number of H-pyrrole nitrogens is 2. The molecule has 15 heteroatoms. The molecule has 0 aliphatic heterocycles. The summed E-state index contributed by atoms with van der Waals surface area (Å²) in [5, 5.41) is 24.4. The molecule has 50 heavy (non-hydrogen) atoms. The lowest BCUT2D eigenvalue weighted by Crippen LogP contribution is -2.60. The number of aliphatic carboxylic acids is 1. The van der Waals surface area contributed by atoms with Crippen molar-refractivity contribution in [2.24, 2.45) is 11.7 Å². The largest absolute Gasteiger partial charge is 0.480 e. The topological polar surface area (TPSA) is 236 Å². The molecule has 274 valence electrons. The zero-order chi connectivity index (χ0) is 37.0. The molecule has 1 aromatic carbocycles. The summed E-state index contributed by atoms with van der Waals surface area (Å²) >= 11 is 0. The van der Waals surface area contributed by atoms with Gasteiger partial charge in [-0.15, -0.1) is 0 Å². The number of aromatic amines is 2. The Labute approximate surface area is 292 Å². The van der Waals surface area contributed by atoms with Gasteiger partial charge in [0, 0.05) is 47.4 Å². The minimum absolute atomic E-state index is 0.0508. The van der Waals surface area contributed by atoms with Gasteiger partial charge >= 0.3 is 5.97 Å². The number of carboxylic acids is 1. The number of amides is 4. The molecule has 0 radical (unpaired) electrons. The molecule has 10 N–H and O–H groups in total. The van der Waals surface area contributed by atoms with Gasteiger partial charge in [-0.1, -0.05) is 32.0 Å². The lowest BCUT2D eigenvalue weighted by molar-refractivity contribution is -0.141. The Morgan fingerprint density at radius 2 is 1.46 bits per heavy atom. The molecule has 5 atom stereocenters. The van der Waals surface area contributed by atoms with Crippen molar-refractivity contribution in [2.75, 3.05) is 6.54 Å². The number of nitrogens with two attached hydrogens (primary N) is 1. The Morgan fingerprint density at radius 3 is 2.06 bits per heavy atom. The number of imidazole rings is 1. The Hall–Kier alpha value is -4.76. The number of benzene rings is 1. The fourth-order valence-corrected chi connectivity index (χ4v) is 5.50. The van der Waals surface area contributed by atoms with Crippen LogP contribution in [0.1, 0.15) is 72.1 Å². The molecule has 2 heterocycles. The number of fused-ring (bicyclic) bond motifs is 1. The molecule has 0 aliphatic carbocycles. The van der Waals surface area contributed by atoms with E-state index in [9.17, 15) is 29.1 Å². The minimum atomic E-state index is -1.22. The van der Waals surface area contributed by atoms with E-state index in [1.165, 1.54) is 13.3 Å². The zero-order valence-corrected chi connectivity index (χ0v) is 29.8. The summed E-state index contributed by atoms with van der Waals surface area (Å²) in [6.45, 7) is 11.4. The normalized spacial score (nSPS) is 14.7. The van der Waals surface area contributed by atoms with E-state index in [2.05, 4.69) is 41.5 Å². The molecule has 0 saturated carbocycles. The van der Waals surface area contributed by atoms with E-state index >= 15 is 0 Å². The second-order valence-corrected chi connectivity index (χ2v) is 14.0. The smallest absolute Gasteiger partial charge is 0.325 e. The molecular weight excluding hydrogens is 642 g/mol. The maximum atomic E-state index is 14.1. The summed E-state index contributed by atoms with van der Waals surface area (Å²) < 4.78 is 0. The van der Waals surface area contributed by atoms with Gasteiger partial charge in [-0.05, 0) is 71.0 Å². The standard InChI is InChI=1S/C35H53N9O6/c1-20(2)29(44-35(4,5)6)33(48)43-28(16-23-18-37-19-39-23)32(47)42-27(15-22-17-38-25-12-8-7-11-24(22)25)31(46)41-26(13-9-10-14-36)30(45)40-21(3)34(49)50/h7-8,11-12,17-21,26-29,38,44H,9-10,13-16,36H2,1-6H3,(H,37,39)(H,40,45)(H,41,46)(H,42,47)(H,43,48)(H,49,50)/t21-,26-,27-,28?,29-/m0/s1. The number of hydrogen-bond acceptors (Lipinski definition) is 8. The molecule has 0 aliphatic rings. The average Bonchev–Trinajstić information content (AvgIpc) is 3.72. The van der Waals surface area contributed by atoms with Gasteiger partial charge in [-0.2, -0.15) is 0 Å². The number of carboxylic acid groups (broad SMARTS) is 1. The number of hydrogen-bond donors (Lipinski definition) is 9. The van der Waals surface area contributed by atoms with Crippen LogP contribution in [0.3, 0.4) is 0 Å². The Kier molecular flexibility index (Phi) is 14.5. The number of carbonyl (C=O) groups is 5. The van der Waals surface area contributed by atoms with E-state index in [1.54, 1.807) is 12.4 Å². The van der Waals surface area contributed by atoms with E-state index in [0.29, 0.717) is 25.1 Å². The summed E-state index contributed by atoms with van der Waals surface area (Å²) in [7, 11) is 0. The van der Waals surface area contributed by atoms with Crippen molar-refractivity contribution in [3.05, 3.63) is 54.2 Å². The molecular formula is C35H53N9O6. The van der Waals surface area contributed by atoms with Crippen molar-refractivity contribution < 1.29 is 29.1 Å². The Balaban J connectivity index is 1.94. The fourth-order valence-electron chi connectivity index (χ4n) is 5.50. The van der Waals surface area contributed by atoms with E-state index in [1.807, 2.05) is 58.9 Å². The highest BCUT2D eigenvalue weighted by Crippen LogP contribution is 2.20. The summed E-state index contributed by atoms with van der Waals surface area (Å²) in [5.41, 5.74) is 7.45. The molecule has 0 bridgehead atoms. The summed E-state index contributed by atoms with van der Waals surface area (Å²) in [6.07, 6.45) is 6.17. The van der Waals surface area contributed by atoms with Crippen LogP contribution in [0.5, 0.6) is 0 Å². The third kappa shape index (κ3) is 12.0. The first-order valence-corrected chi connectivity index (χ1v) is 17.0. The molecule has 15 nitrogen and oxygen atoms in total. The summed E-state index contributed by atoms with van der Waals surface area (Å²) in [4.78, 5) is 76.6. The van der Waals surface area contributed by atoms with Gasteiger partial charge in [0.05, 0.1) is 12.4 Å². The maximum Gasteiger partial charge on any atom is 0.325 e. The second-order valence-electron chi connectivity index (χ2n) is 14.0. The highest BCUT2D eigenvalue weighted by molar-refractivity contribution is 5.96. The zero-order valence-electron chi connectivity index (χ0n) is 29.8. The highest BCUT2D eigenvalue weighted by atomic mass is 16.4. The maximum absolute atomic E-state index is 14.1. The molecule has 0 saturated heterocycles. The second kappa shape index (κ2) is 18.3.